The number of hydrogen-bond acceptors (Lipinski definition) is 4. The second-order valence-electron chi connectivity index (χ2n) is 3.26. The van der Waals surface area contributed by atoms with Crippen LogP contribution in [0.1, 0.15) is 21.0 Å². The highest BCUT2D eigenvalue weighted by molar-refractivity contribution is 6.34. The number of rotatable bonds is 3. The lowest BCUT2D eigenvalue weighted by molar-refractivity contribution is 0.0698. The van der Waals surface area contributed by atoms with Crippen molar-refractivity contribution in [3.05, 3.63) is 40.9 Å². The zero-order chi connectivity index (χ0) is 13.1. The van der Waals surface area contributed by atoms with E-state index in [9.17, 15) is 9.59 Å². The first-order valence-corrected chi connectivity index (χ1v) is 5.16. The van der Waals surface area contributed by atoms with Gasteiger partial charge in [0.2, 0.25) is 5.82 Å². The van der Waals surface area contributed by atoms with Crippen molar-refractivity contribution in [2.75, 3.05) is 5.32 Å². The van der Waals surface area contributed by atoms with Crippen molar-refractivity contribution in [3.8, 4) is 0 Å². The molecule has 2 rings (SSSR count). The largest absolute Gasteiger partial charge is 0.478 e. The summed E-state index contributed by atoms with van der Waals surface area (Å²) >= 11 is 5.85. The number of H-pyrrole nitrogens is 1. The average molecular weight is 267 g/mol. The summed E-state index contributed by atoms with van der Waals surface area (Å²) in [7, 11) is 0. The molecular weight excluding hydrogens is 260 g/mol. The highest BCUT2D eigenvalue weighted by Crippen LogP contribution is 2.26. The number of para-hydroxylation sites is 1. The van der Waals surface area contributed by atoms with Gasteiger partial charge in [-0.25, -0.2) is 9.78 Å². The molecule has 0 bridgehead atoms. The van der Waals surface area contributed by atoms with Gasteiger partial charge in [0.25, 0.3) is 5.91 Å². The van der Waals surface area contributed by atoms with Gasteiger partial charge in [-0.15, -0.1) is 0 Å². The monoisotopic (exact) mass is 266 g/mol. The third-order valence-electron chi connectivity index (χ3n) is 2.11. The van der Waals surface area contributed by atoms with Crippen molar-refractivity contribution >= 4 is 29.2 Å². The van der Waals surface area contributed by atoms with Gasteiger partial charge in [0.1, 0.15) is 6.33 Å². The van der Waals surface area contributed by atoms with Gasteiger partial charge in [0.15, 0.2) is 0 Å². The maximum atomic E-state index is 11.7. The van der Waals surface area contributed by atoms with Gasteiger partial charge in [-0.2, -0.15) is 5.10 Å². The molecule has 0 unspecified atom stereocenters. The Hall–Kier alpha value is -2.41. The Labute approximate surface area is 106 Å². The number of carbonyl (C=O) groups is 2. The highest BCUT2D eigenvalue weighted by Gasteiger charge is 2.17. The summed E-state index contributed by atoms with van der Waals surface area (Å²) in [6.07, 6.45) is 1.17. The molecule has 7 nitrogen and oxygen atoms in total. The van der Waals surface area contributed by atoms with Crippen LogP contribution in [0.2, 0.25) is 5.02 Å². The molecule has 8 heteroatoms. The number of halogens is 1. The Morgan fingerprint density at radius 2 is 2.17 bits per heavy atom. The van der Waals surface area contributed by atoms with E-state index >= 15 is 0 Å². The van der Waals surface area contributed by atoms with E-state index in [4.69, 9.17) is 16.7 Å². The quantitative estimate of drug-likeness (QED) is 0.778. The lowest BCUT2D eigenvalue weighted by Crippen LogP contribution is -2.16. The fourth-order valence-corrected chi connectivity index (χ4v) is 1.54. The molecule has 0 aliphatic carbocycles. The Balaban J connectivity index is 2.34. The summed E-state index contributed by atoms with van der Waals surface area (Å²) in [5, 5.41) is 17.4. The van der Waals surface area contributed by atoms with Crippen molar-refractivity contribution < 1.29 is 14.7 Å². The van der Waals surface area contributed by atoms with Crippen molar-refractivity contribution in [3.63, 3.8) is 0 Å². The molecule has 0 radical (unpaired) electrons. The zero-order valence-corrected chi connectivity index (χ0v) is 9.60. The van der Waals surface area contributed by atoms with E-state index in [1.165, 1.54) is 24.5 Å². The van der Waals surface area contributed by atoms with Gasteiger partial charge >= 0.3 is 5.97 Å². The molecule has 0 atom stereocenters. The minimum absolute atomic E-state index is 0.0214. The van der Waals surface area contributed by atoms with Crippen LogP contribution in [0.25, 0.3) is 0 Å². The van der Waals surface area contributed by atoms with Crippen LogP contribution in [-0.2, 0) is 0 Å². The van der Waals surface area contributed by atoms with Crippen LogP contribution in [-0.4, -0.2) is 32.2 Å². The predicted molar refractivity (Wildman–Crippen MR) is 62.7 cm³/mol. The first-order chi connectivity index (χ1) is 8.59. The number of carbonyl (C=O) groups excluding carboxylic acids is 1. The minimum Gasteiger partial charge on any atom is -0.478 e. The van der Waals surface area contributed by atoms with Gasteiger partial charge in [-0.1, -0.05) is 17.7 Å². The van der Waals surface area contributed by atoms with Crippen molar-refractivity contribution in [2.24, 2.45) is 0 Å². The van der Waals surface area contributed by atoms with Crippen LogP contribution in [0, 0.1) is 0 Å². The van der Waals surface area contributed by atoms with Gasteiger partial charge in [-0.05, 0) is 12.1 Å². The SMILES string of the molecule is O=C(Nc1c(Cl)cccc1C(=O)O)c1ncn[nH]1. The number of anilines is 1. The lowest BCUT2D eigenvalue weighted by Gasteiger charge is -2.08. The number of aromatic amines is 1. The van der Waals surface area contributed by atoms with Crippen molar-refractivity contribution in [2.45, 2.75) is 0 Å². The first kappa shape index (κ1) is 12.1. The van der Waals surface area contributed by atoms with Crippen LogP contribution in [0.3, 0.4) is 0 Å². The summed E-state index contributed by atoms with van der Waals surface area (Å²) in [5.41, 5.74) is -0.0802. The number of benzene rings is 1. The van der Waals surface area contributed by atoms with Crippen LogP contribution in [0.15, 0.2) is 24.5 Å². The maximum absolute atomic E-state index is 11.7. The molecule has 18 heavy (non-hydrogen) atoms. The van der Waals surface area contributed by atoms with Gasteiger partial charge < -0.3 is 10.4 Å². The van der Waals surface area contributed by atoms with Gasteiger partial charge in [0, 0.05) is 0 Å². The van der Waals surface area contributed by atoms with E-state index in [1.54, 1.807) is 0 Å². The molecule has 1 aromatic carbocycles. The molecular formula is C10H7ClN4O3. The smallest absolute Gasteiger partial charge is 0.337 e. The van der Waals surface area contributed by atoms with Crippen LogP contribution >= 0.6 is 11.6 Å². The Kier molecular flexibility index (Phi) is 3.24. The van der Waals surface area contributed by atoms with E-state index < -0.39 is 11.9 Å². The number of amides is 1. The van der Waals surface area contributed by atoms with E-state index in [2.05, 4.69) is 20.5 Å². The third-order valence-corrected chi connectivity index (χ3v) is 2.43. The van der Waals surface area contributed by atoms with E-state index in [-0.39, 0.29) is 22.1 Å². The second-order valence-corrected chi connectivity index (χ2v) is 3.66. The van der Waals surface area contributed by atoms with Gasteiger partial charge in [-0.3, -0.25) is 9.89 Å². The van der Waals surface area contributed by atoms with E-state index in [1.807, 2.05) is 0 Å². The van der Waals surface area contributed by atoms with E-state index in [0.717, 1.165) is 0 Å². The summed E-state index contributed by atoms with van der Waals surface area (Å²) in [5.74, 6) is -1.85. The minimum atomic E-state index is -1.19. The molecule has 1 amide bonds. The molecule has 0 saturated carbocycles. The first-order valence-electron chi connectivity index (χ1n) is 4.78. The zero-order valence-electron chi connectivity index (χ0n) is 8.85. The summed E-state index contributed by atoms with van der Waals surface area (Å²) in [6, 6.07) is 4.30. The Morgan fingerprint density at radius 1 is 1.39 bits per heavy atom. The fraction of sp³-hybridized carbons (Fsp3) is 0. The average Bonchev–Trinajstić information content (AvgIpc) is 2.85. The van der Waals surface area contributed by atoms with Crippen LogP contribution in [0.4, 0.5) is 5.69 Å². The molecule has 2 aromatic rings. The molecule has 0 fully saturated rings. The topological polar surface area (TPSA) is 108 Å². The highest BCUT2D eigenvalue weighted by atomic mass is 35.5. The molecule has 0 aliphatic rings. The Morgan fingerprint density at radius 3 is 2.78 bits per heavy atom. The molecule has 0 aliphatic heterocycles. The molecule has 0 spiro atoms. The number of nitrogens with one attached hydrogen (secondary N) is 2. The van der Waals surface area contributed by atoms with Crippen LogP contribution in [0.5, 0.6) is 0 Å². The second kappa shape index (κ2) is 4.84. The van der Waals surface area contributed by atoms with Crippen molar-refractivity contribution in [1.29, 1.82) is 0 Å². The predicted octanol–water partition coefficient (Wildman–Crippen LogP) is 1.41. The maximum Gasteiger partial charge on any atom is 0.337 e. The molecule has 92 valence electrons. The van der Waals surface area contributed by atoms with Crippen LogP contribution < -0.4 is 5.32 Å². The summed E-state index contributed by atoms with van der Waals surface area (Å²) in [6.45, 7) is 0. The number of aromatic carboxylic acids is 1. The number of nitrogens with zero attached hydrogens (tertiary/aromatic N) is 2. The molecule has 0 saturated heterocycles. The number of carboxylic acids is 1. The number of aromatic nitrogens is 3. The summed E-state index contributed by atoms with van der Waals surface area (Å²) in [4.78, 5) is 26.3. The fourth-order valence-electron chi connectivity index (χ4n) is 1.32. The number of carboxylic acid groups (broad SMARTS) is 1. The normalized spacial score (nSPS) is 10.1. The standard InChI is InChI=1S/C10H7ClN4O3/c11-6-3-1-2-5(10(17)18)7(6)14-9(16)8-12-4-13-15-8/h1-4H,(H,14,16)(H,17,18)(H,12,13,15). The number of hydrogen-bond donors (Lipinski definition) is 3. The molecule has 1 heterocycles. The lowest BCUT2D eigenvalue weighted by atomic mass is 10.2. The molecule has 3 N–H and O–H groups in total. The molecule has 1 aromatic heterocycles. The van der Waals surface area contributed by atoms with E-state index in [0.29, 0.717) is 0 Å². The third kappa shape index (κ3) is 2.30. The van der Waals surface area contributed by atoms with Gasteiger partial charge in [0.05, 0.1) is 16.3 Å². The Bertz CT molecular complexity index is 597. The van der Waals surface area contributed by atoms with Crippen molar-refractivity contribution in [1.82, 2.24) is 15.2 Å². The summed E-state index contributed by atoms with van der Waals surface area (Å²) < 4.78 is 0.